The molecular weight excluding hydrogens is 482 g/mol. The van der Waals surface area contributed by atoms with Crippen LogP contribution < -0.4 is 5.32 Å². The highest BCUT2D eigenvalue weighted by Gasteiger charge is 2.47. The van der Waals surface area contributed by atoms with Crippen LogP contribution in [0.1, 0.15) is 56.1 Å². The van der Waals surface area contributed by atoms with Crippen LogP contribution in [0.15, 0.2) is 73.1 Å². The summed E-state index contributed by atoms with van der Waals surface area (Å²) in [5.74, 6) is -0.164. The van der Waals surface area contributed by atoms with Gasteiger partial charge in [0.15, 0.2) is 0 Å². The minimum absolute atomic E-state index is 0. The first-order valence-corrected chi connectivity index (χ1v) is 12.3. The van der Waals surface area contributed by atoms with E-state index in [1.807, 2.05) is 24.5 Å². The first kappa shape index (κ1) is 27.6. The van der Waals surface area contributed by atoms with Crippen LogP contribution in [-0.2, 0) is 16.7 Å². The molecule has 2 aliphatic rings. The Morgan fingerprint density at radius 1 is 0.886 bits per heavy atom. The van der Waals surface area contributed by atoms with Crippen molar-refractivity contribution in [3.05, 3.63) is 90.0 Å². The maximum atomic E-state index is 13.7. The fourth-order valence-corrected chi connectivity index (χ4v) is 6.01. The van der Waals surface area contributed by atoms with Crippen molar-refractivity contribution in [2.45, 2.75) is 62.5 Å². The quantitative estimate of drug-likeness (QED) is 0.335. The van der Waals surface area contributed by atoms with Crippen LogP contribution in [0.5, 0.6) is 0 Å². The number of ether oxygens (including phenoxy) is 1. The van der Waals surface area contributed by atoms with Gasteiger partial charge < -0.3 is 10.1 Å². The van der Waals surface area contributed by atoms with Gasteiger partial charge in [-0.25, -0.2) is 4.39 Å². The van der Waals surface area contributed by atoms with Crippen molar-refractivity contribution < 1.29 is 9.13 Å². The summed E-state index contributed by atoms with van der Waals surface area (Å²) < 4.78 is 20.1. The molecule has 1 atom stereocenters. The predicted molar refractivity (Wildman–Crippen MR) is 145 cm³/mol. The fourth-order valence-electron chi connectivity index (χ4n) is 6.01. The van der Waals surface area contributed by atoms with Crippen molar-refractivity contribution in [3.63, 3.8) is 0 Å². The lowest BCUT2D eigenvalue weighted by molar-refractivity contribution is -0.103. The molecule has 1 aromatic heterocycles. The van der Waals surface area contributed by atoms with Gasteiger partial charge in [0.2, 0.25) is 0 Å². The number of benzene rings is 2. The van der Waals surface area contributed by atoms with E-state index in [2.05, 4.69) is 46.7 Å². The molecule has 1 N–H and O–H groups in total. The highest BCUT2D eigenvalue weighted by atomic mass is 35.5. The molecular formula is C29H35Cl2FN2O. The molecule has 5 rings (SSSR count). The van der Waals surface area contributed by atoms with E-state index >= 15 is 0 Å². The number of nitrogens with zero attached hydrogens (tertiary/aromatic N) is 1. The standard InChI is InChI=1S/C29H33FN2O.2ClH/c30-26-9-7-25(8-10-26)28(16-20-33-29(22-28)13-3-4-14-29)15-19-32-21-24-5-1-2-6-27(24)23-11-17-31-18-12-23;;/h1-2,5-12,17-18,32H,3-4,13-16,19-22H2;2*1H. The molecule has 1 unspecified atom stereocenters. The monoisotopic (exact) mass is 516 g/mol. The van der Waals surface area contributed by atoms with E-state index in [1.165, 1.54) is 35.1 Å². The van der Waals surface area contributed by atoms with E-state index in [9.17, 15) is 4.39 Å². The molecule has 1 aliphatic carbocycles. The van der Waals surface area contributed by atoms with Crippen molar-refractivity contribution in [1.82, 2.24) is 10.3 Å². The zero-order valence-corrected chi connectivity index (χ0v) is 21.7. The van der Waals surface area contributed by atoms with Gasteiger partial charge >= 0.3 is 0 Å². The first-order chi connectivity index (χ1) is 16.2. The Balaban J connectivity index is 0.00000171. The summed E-state index contributed by atoms with van der Waals surface area (Å²) in [6.07, 6.45) is 11.6. The van der Waals surface area contributed by atoms with E-state index in [0.717, 1.165) is 51.8 Å². The maximum Gasteiger partial charge on any atom is 0.123 e. The van der Waals surface area contributed by atoms with Crippen molar-refractivity contribution in [3.8, 4) is 11.1 Å². The average molecular weight is 518 g/mol. The van der Waals surface area contributed by atoms with E-state index in [1.54, 1.807) is 12.1 Å². The third kappa shape index (κ3) is 6.24. The lowest BCUT2D eigenvalue weighted by atomic mass is 9.66. The SMILES string of the molecule is Cl.Cl.Fc1ccc(C2(CCNCc3ccccc3-c3ccncc3)CCOC3(CCCC3)C2)cc1. The molecule has 0 radical (unpaired) electrons. The van der Waals surface area contributed by atoms with E-state index in [-0.39, 0.29) is 41.6 Å². The Hall–Kier alpha value is -1.98. The molecule has 1 saturated carbocycles. The highest BCUT2D eigenvalue weighted by Crippen LogP contribution is 2.50. The van der Waals surface area contributed by atoms with Crippen LogP contribution in [0, 0.1) is 5.82 Å². The van der Waals surface area contributed by atoms with Gasteiger partial charge in [-0.05, 0) is 85.2 Å². The first-order valence-electron chi connectivity index (χ1n) is 12.3. The lowest BCUT2D eigenvalue weighted by Gasteiger charge is -2.47. The van der Waals surface area contributed by atoms with Gasteiger partial charge in [-0.2, -0.15) is 0 Å². The van der Waals surface area contributed by atoms with Gasteiger partial charge in [-0.1, -0.05) is 49.2 Å². The summed E-state index contributed by atoms with van der Waals surface area (Å²) in [6, 6.07) is 19.9. The van der Waals surface area contributed by atoms with Crippen molar-refractivity contribution in [2.75, 3.05) is 13.2 Å². The van der Waals surface area contributed by atoms with Gasteiger partial charge in [-0.15, -0.1) is 24.8 Å². The summed E-state index contributed by atoms with van der Waals surface area (Å²) in [7, 11) is 0. The molecule has 188 valence electrons. The smallest absolute Gasteiger partial charge is 0.123 e. The number of nitrogens with one attached hydrogen (secondary N) is 1. The summed E-state index contributed by atoms with van der Waals surface area (Å²) >= 11 is 0. The molecule has 2 aromatic carbocycles. The Kier molecular flexibility index (Phi) is 9.71. The third-order valence-electron chi connectivity index (χ3n) is 7.73. The van der Waals surface area contributed by atoms with Crippen LogP contribution in [-0.4, -0.2) is 23.7 Å². The van der Waals surface area contributed by atoms with Crippen LogP contribution >= 0.6 is 24.8 Å². The topological polar surface area (TPSA) is 34.2 Å². The van der Waals surface area contributed by atoms with Crippen molar-refractivity contribution in [1.29, 1.82) is 0 Å². The van der Waals surface area contributed by atoms with Crippen LogP contribution in [0.4, 0.5) is 4.39 Å². The van der Waals surface area contributed by atoms with Gasteiger partial charge in [0.25, 0.3) is 0 Å². The van der Waals surface area contributed by atoms with Crippen LogP contribution in [0.2, 0.25) is 0 Å². The summed E-state index contributed by atoms with van der Waals surface area (Å²) in [5.41, 5.74) is 5.04. The maximum absolute atomic E-state index is 13.7. The molecule has 35 heavy (non-hydrogen) atoms. The Bertz CT molecular complexity index is 1060. The second-order valence-corrected chi connectivity index (χ2v) is 9.77. The molecule has 1 saturated heterocycles. The summed E-state index contributed by atoms with van der Waals surface area (Å²) in [6.45, 7) is 2.53. The predicted octanol–water partition coefficient (Wildman–Crippen LogP) is 7.27. The highest BCUT2D eigenvalue weighted by molar-refractivity contribution is 5.85. The largest absolute Gasteiger partial charge is 0.375 e. The van der Waals surface area contributed by atoms with Gasteiger partial charge in [0.1, 0.15) is 5.82 Å². The molecule has 2 fully saturated rings. The summed E-state index contributed by atoms with van der Waals surface area (Å²) in [5, 5.41) is 3.71. The molecule has 3 aromatic rings. The van der Waals surface area contributed by atoms with E-state index < -0.39 is 0 Å². The number of aromatic nitrogens is 1. The Morgan fingerprint density at radius 3 is 2.34 bits per heavy atom. The zero-order chi connectivity index (χ0) is 22.6. The zero-order valence-electron chi connectivity index (χ0n) is 20.0. The van der Waals surface area contributed by atoms with E-state index in [4.69, 9.17) is 4.74 Å². The van der Waals surface area contributed by atoms with Gasteiger partial charge in [0, 0.05) is 31.0 Å². The Morgan fingerprint density at radius 2 is 1.60 bits per heavy atom. The average Bonchev–Trinajstić information content (AvgIpc) is 3.30. The molecule has 2 heterocycles. The Labute approximate surface area is 220 Å². The number of rotatable bonds is 7. The van der Waals surface area contributed by atoms with Crippen molar-refractivity contribution >= 4 is 24.8 Å². The minimum atomic E-state index is -0.164. The van der Waals surface area contributed by atoms with Gasteiger partial charge in [-0.3, -0.25) is 4.98 Å². The fraction of sp³-hybridized carbons (Fsp3) is 0.414. The van der Waals surface area contributed by atoms with E-state index in [0.29, 0.717) is 0 Å². The number of pyridine rings is 1. The number of hydrogen-bond acceptors (Lipinski definition) is 3. The normalized spacial score (nSPS) is 20.7. The van der Waals surface area contributed by atoms with Crippen LogP contribution in [0.25, 0.3) is 11.1 Å². The minimum Gasteiger partial charge on any atom is -0.375 e. The van der Waals surface area contributed by atoms with Gasteiger partial charge in [0.05, 0.1) is 5.60 Å². The molecule has 1 spiro atoms. The van der Waals surface area contributed by atoms with Crippen LogP contribution in [0.3, 0.4) is 0 Å². The molecule has 3 nitrogen and oxygen atoms in total. The molecule has 0 bridgehead atoms. The molecule has 6 heteroatoms. The second kappa shape index (κ2) is 12.3. The summed E-state index contributed by atoms with van der Waals surface area (Å²) in [4.78, 5) is 4.15. The van der Waals surface area contributed by atoms with Crippen molar-refractivity contribution in [2.24, 2.45) is 0 Å². The second-order valence-electron chi connectivity index (χ2n) is 9.77. The molecule has 1 aliphatic heterocycles. The third-order valence-corrected chi connectivity index (χ3v) is 7.73. The number of halogens is 3. The number of hydrogen-bond donors (Lipinski definition) is 1. The molecule has 0 amide bonds. The lowest BCUT2D eigenvalue weighted by Crippen LogP contribution is -2.47.